The fourth-order valence-electron chi connectivity index (χ4n) is 3.42. The molecule has 7 nitrogen and oxygen atoms in total. The van der Waals surface area contributed by atoms with Crippen molar-refractivity contribution in [3.63, 3.8) is 0 Å². The first kappa shape index (κ1) is 17.9. The van der Waals surface area contributed by atoms with E-state index in [2.05, 4.69) is 19.9 Å². The number of aromatic amines is 2. The summed E-state index contributed by atoms with van der Waals surface area (Å²) in [6.07, 6.45) is 4.52. The predicted molar refractivity (Wildman–Crippen MR) is 105 cm³/mol. The molecule has 0 spiro atoms. The van der Waals surface area contributed by atoms with Crippen LogP contribution in [0.3, 0.4) is 0 Å². The van der Waals surface area contributed by atoms with Gasteiger partial charge in [0, 0.05) is 35.6 Å². The molecule has 9 heteroatoms. The van der Waals surface area contributed by atoms with Crippen molar-refractivity contribution >= 4 is 27.9 Å². The molecule has 4 heterocycles. The maximum Gasteiger partial charge on any atom is 0.275 e. The Morgan fingerprint density at radius 3 is 2.80 bits per heavy atom. The number of carbonyl (C=O) groups is 1. The molecule has 0 atom stereocenters. The lowest BCUT2D eigenvalue weighted by Crippen LogP contribution is -2.20. The number of benzene rings is 1. The Balaban J connectivity index is 1.53. The fourth-order valence-corrected chi connectivity index (χ4v) is 3.42. The van der Waals surface area contributed by atoms with Crippen LogP contribution in [0.5, 0.6) is 0 Å². The molecule has 0 fully saturated rings. The number of ketones is 1. The first-order valence-corrected chi connectivity index (χ1v) is 9.01. The number of carbonyl (C=O) groups excluding carboxylic acids is 1. The van der Waals surface area contributed by atoms with Crippen molar-refractivity contribution in [2.75, 3.05) is 0 Å². The van der Waals surface area contributed by atoms with Gasteiger partial charge in [0.2, 0.25) is 0 Å². The van der Waals surface area contributed by atoms with E-state index in [0.717, 1.165) is 17.6 Å². The molecule has 148 valence electrons. The Labute approximate surface area is 167 Å². The molecule has 0 radical (unpaired) electrons. The van der Waals surface area contributed by atoms with Crippen molar-refractivity contribution < 1.29 is 13.6 Å². The lowest BCUT2D eigenvalue weighted by molar-refractivity contribution is 0.103. The number of pyridine rings is 2. The second kappa shape index (κ2) is 6.73. The van der Waals surface area contributed by atoms with Crippen LogP contribution in [0.1, 0.15) is 21.7 Å². The topological polar surface area (TPSA) is 96.4 Å². The summed E-state index contributed by atoms with van der Waals surface area (Å²) in [5.74, 6) is -1.81. The molecule has 2 N–H and O–H groups in total. The average molecular weight is 405 g/mol. The minimum atomic E-state index is -0.957. The third-order valence-electron chi connectivity index (χ3n) is 4.86. The molecular formula is C21H13F2N5O2. The molecule has 0 aliphatic rings. The highest BCUT2D eigenvalue weighted by Gasteiger charge is 2.20. The molecule has 0 unspecified atom stereocenters. The van der Waals surface area contributed by atoms with Crippen LogP contribution in [0.4, 0.5) is 8.78 Å². The molecule has 0 bridgehead atoms. The van der Waals surface area contributed by atoms with Gasteiger partial charge >= 0.3 is 0 Å². The zero-order valence-corrected chi connectivity index (χ0v) is 15.3. The summed E-state index contributed by atoms with van der Waals surface area (Å²) in [4.78, 5) is 40.0. The molecule has 5 rings (SSSR count). The highest BCUT2D eigenvalue weighted by Crippen LogP contribution is 2.21. The van der Waals surface area contributed by atoms with Crippen LogP contribution in [-0.4, -0.2) is 30.3 Å². The van der Waals surface area contributed by atoms with E-state index in [0.29, 0.717) is 22.9 Å². The number of hydrogen-bond acceptors (Lipinski definition) is 4. The summed E-state index contributed by atoms with van der Waals surface area (Å²) >= 11 is 0. The minimum Gasteiger partial charge on any atom is -0.356 e. The van der Waals surface area contributed by atoms with Gasteiger partial charge < -0.3 is 14.5 Å². The van der Waals surface area contributed by atoms with Crippen LogP contribution in [0, 0.1) is 11.6 Å². The SMILES string of the molecule is O=C(c1ccc(F)cc1F)c1c[nH]c2c(=O)n(Cc3nc4ncccc4[nH]3)ccc12. The normalized spacial score (nSPS) is 11.4. The van der Waals surface area contributed by atoms with E-state index in [9.17, 15) is 18.4 Å². The first-order valence-electron chi connectivity index (χ1n) is 9.01. The maximum absolute atomic E-state index is 14.0. The van der Waals surface area contributed by atoms with E-state index < -0.39 is 17.4 Å². The van der Waals surface area contributed by atoms with Gasteiger partial charge in [0.25, 0.3) is 5.56 Å². The van der Waals surface area contributed by atoms with E-state index in [-0.39, 0.29) is 28.7 Å². The molecule has 4 aromatic heterocycles. The monoisotopic (exact) mass is 405 g/mol. The van der Waals surface area contributed by atoms with Crippen molar-refractivity contribution in [2.24, 2.45) is 0 Å². The number of nitrogens with zero attached hydrogens (tertiary/aromatic N) is 3. The number of halogens is 2. The minimum absolute atomic E-state index is 0.132. The van der Waals surface area contributed by atoms with Crippen molar-refractivity contribution in [1.82, 2.24) is 24.5 Å². The highest BCUT2D eigenvalue weighted by atomic mass is 19.1. The van der Waals surface area contributed by atoms with Gasteiger partial charge in [0.15, 0.2) is 11.4 Å². The molecule has 0 saturated heterocycles. The quantitative estimate of drug-likeness (QED) is 0.449. The Hall–Kier alpha value is -4.14. The Kier molecular flexibility index (Phi) is 4.02. The fraction of sp³-hybridized carbons (Fsp3) is 0.0476. The van der Waals surface area contributed by atoms with Gasteiger partial charge in [-0.25, -0.2) is 18.7 Å². The second-order valence-electron chi connectivity index (χ2n) is 6.75. The van der Waals surface area contributed by atoms with Gasteiger partial charge in [-0.1, -0.05) is 0 Å². The first-order chi connectivity index (χ1) is 14.5. The van der Waals surface area contributed by atoms with Crippen molar-refractivity contribution in [3.05, 3.63) is 93.9 Å². The third-order valence-corrected chi connectivity index (χ3v) is 4.86. The van der Waals surface area contributed by atoms with Crippen LogP contribution in [0.15, 0.2) is 59.8 Å². The number of hydrogen-bond donors (Lipinski definition) is 2. The number of nitrogens with one attached hydrogen (secondary N) is 2. The summed E-state index contributed by atoms with van der Waals surface area (Å²) in [6.45, 7) is 0.181. The van der Waals surface area contributed by atoms with Gasteiger partial charge in [-0.15, -0.1) is 0 Å². The summed E-state index contributed by atoms with van der Waals surface area (Å²) in [5, 5.41) is 0.358. The summed E-state index contributed by atoms with van der Waals surface area (Å²) in [6, 6.07) is 7.97. The number of H-pyrrole nitrogens is 2. The van der Waals surface area contributed by atoms with Gasteiger partial charge in [0.1, 0.15) is 23.0 Å². The van der Waals surface area contributed by atoms with Gasteiger partial charge in [-0.05, 0) is 30.3 Å². The maximum atomic E-state index is 14.0. The van der Waals surface area contributed by atoms with E-state index in [1.807, 2.05) is 6.07 Å². The molecular weight excluding hydrogens is 392 g/mol. The van der Waals surface area contributed by atoms with Crippen molar-refractivity contribution in [1.29, 1.82) is 0 Å². The van der Waals surface area contributed by atoms with Gasteiger partial charge in [0.05, 0.1) is 17.6 Å². The number of rotatable bonds is 4. The second-order valence-corrected chi connectivity index (χ2v) is 6.75. The Morgan fingerprint density at radius 1 is 1.13 bits per heavy atom. The van der Waals surface area contributed by atoms with Gasteiger partial charge in [-0.2, -0.15) is 0 Å². The molecule has 30 heavy (non-hydrogen) atoms. The van der Waals surface area contributed by atoms with E-state index in [4.69, 9.17) is 0 Å². The number of aromatic nitrogens is 5. The summed E-state index contributed by atoms with van der Waals surface area (Å²) in [7, 11) is 0. The van der Waals surface area contributed by atoms with Crippen molar-refractivity contribution in [3.8, 4) is 0 Å². The number of fused-ring (bicyclic) bond motifs is 2. The largest absolute Gasteiger partial charge is 0.356 e. The zero-order valence-electron chi connectivity index (χ0n) is 15.3. The van der Waals surface area contributed by atoms with Gasteiger partial charge in [-0.3, -0.25) is 9.59 Å². The van der Waals surface area contributed by atoms with Crippen LogP contribution in [-0.2, 0) is 6.54 Å². The lowest BCUT2D eigenvalue weighted by Gasteiger charge is -2.05. The Morgan fingerprint density at radius 2 is 2.00 bits per heavy atom. The summed E-state index contributed by atoms with van der Waals surface area (Å²) in [5.41, 5.74) is 1.02. The molecule has 0 saturated carbocycles. The smallest absolute Gasteiger partial charge is 0.275 e. The summed E-state index contributed by atoms with van der Waals surface area (Å²) < 4.78 is 28.6. The van der Waals surface area contributed by atoms with Crippen LogP contribution < -0.4 is 5.56 Å². The van der Waals surface area contributed by atoms with Crippen LogP contribution in [0.25, 0.3) is 22.1 Å². The highest BCUT2D eigenvalue weighted by molar-refractivity contribution is 6.16. The van der Waals surface area contributed by atoms with Crippen LogP contribution in [0.2, 0.25) is 0 Å². The standard InChI is InChI=1S/C21H13F2N5O2/c22-11-3-4-13(15(23)8-11)19(29)14-9-25-18-12(14)5-7-28(21(18)30)10-17-26-16-2-1-6-24-20(16)27-17/h1-9,25H,10H2,(H,24,26,27). The molecule has 0 aliphatic heterocycles. The predicted octanol–water partition coefficient (Wildman–Crippen LogP) is 3.16. The molecule has 0 amide bonds. The molecule has 0 aliphatic carbocycles. The zero-order chi connectivity index (χ0) is 20.8. The van der Waals surface area contributed by atoms with Crippen LogP contribution >= 0.6 is 0 Å². The lowest BCUT2D eigenvalue weighted by atomic mass is 10.0. The number of imidazole rings is 1. The van der Waals surface area contributed by atoms with E-state index >= 15 is 0 Å². The van der Waals surface area contributed by atoms with E-state index in [1.54, 1.807) is 18.3 Å². The van der Waals surface area contributed by atoms with Crippen molar-refractivity contribution in [2.45, 2.75) is 6.54 Å². The third kappa shape index (κ3) is 2.87. The molecule has 1 aromatic carbocycles. The van der Waals surface area contributed by atoms with E-state index in [1.165, 1.54) is 17.0 Å². The molecule has 5 aromatic rings. The Bertz CT molecular complexity index is 1470. The average Bonchev–Trinajstić information content (AvgIpc) is 3.33.